The number of imidazole rings is 1. The van der Waals surface area contributed by atoms with Gasteiger partial charge >= 0.3 is 5.97 Å². The number of aliphatic hydroxyl groups is 1. The number of unbranched alkanes of at least 4 members (excludes halogenated alkanes) is 1. The molecule has 1 aromatic carbocycles. The van der Waals surface area contributed by atoms with Crippen molar-refractivity contribution in [2.75, 3.05) is 13.6 Å². The highest BCUT2D eigenvalue weighted by Gasteiger charge is 2.23. The number of hydrogen-bond acceptors (Lipinski definition) is 5. The van der Waals surface area contributed by atoms with Gasteiger partial charge in [-0.3, -0.25) is 4.79 Å². The third kappa shape index (κ3) is 5.11. The van der Waals surface area contributed by atoms with E-state index in [4.69, 9.17) is 16.7 Å². The van der Waals surface area contributed by atoms with E-state index in [1.807, 2.05) is 4.57 Å². The first-order valence-corrected chi connectivity index (χ1v) is 10.6. The van der Waals surface area contributed by atoms with Gasteiger partial charge in [0.1, 0.15) is 12.4 Å². The van der Waals surface area contributed by atoms with Crippen LogP contribution >= 0.6 is 11.6 Å². The lowest BCUT2D eigenvalue weighted by molar-refractivity contribution is -0.137. The van der Waals surface area contributed by atoms with Gasteiger partial charge in [-0.2, -0.15) is 4.31 Å². The predicted octanol–water partition coefficient (Wildman–Crippen LogP) is 2.12. The van der Waals surface area contributed by atoms with Crippen molar-refractivity contribution in [2.45, 2.75) is 44.2 Å². The number of sulfonamides is 1. The summed E-state index contributed by atoms with van der Waals surface area (Å²) in [6, 6.07) is 6.18. The van der Waals surface area contributed by atoms with Crippen LogP contribution < -0.4 is 0 Å². The third-order valence-electron chi connectivity index (χ3n) is 4.34. The molecule has 0 saturated carbocycles. The molecular formula is C18H24ClN3O5S. The smallest absolute Gasteiger partial charge is 0.318 e. The number of hydrogen-bond donors (Lipinski definition) is 2. The molecule has 2 rings (SSSR count). The second-order valence-electron chi connectivity index (χ2n) is 6.41. The number of aromatic nitrogens is 2. The second kappa shape index (κ2) is 9.51. The average Bonchev–Trinajstić information content (AvgIpc) is 2.94. The number of rotatable bonds is 10. The van der Waals surface area contributed by atoms with E-state index < -0.39 is 22.5 Å². The molecule has 0 aliphatic heterocycles. The van der Waals surface area contributed by atoms with Crippen LogP contribution in [0.15, 0.2) is 29.2 Å². The number of aryl methyl sites for hydroxylation is 1. The monoisotopic (exact) mass is 429 g/mol. The minimum absolute atomic E-state index is 0.0113. The standard InChI is InChI=1S/C18H24ClN3O5S/c1-3-4-5-16-20-18(19)15(12-23)22(16)10-13-6-8-14(9-7-13)28(26,27)21(2)11-17(24)25/h6-9,23H,3-5,10-12H2,1-2H3,(H,24,25). The number of carboxylic acids is 1. The number of likely N-dealkylation sites (N-methyl/N-ethyl adjacent to an activating group) is 1. The highest BCUT2D eigenvalue weighted by atomic mass is 35.5. The van der Waals surface area contributed by atoms with Gasteiger partial charge in [-0.15, -0.1) is 0 Å². The number of aliphatic carboxylic acids is 1. The number of aliphatic hydroxyl groups excluding tert-OH is 1. The van der Waals surface area contributed by atoms with Crippen LogP contribution in [0.25, 0.3) is 0 Å². The van der Waals surface area contributed by atoms with Crippen molar-refractivity contribution >= 4 is 27.6 Å². The maximum Gasteiger partial charge on any atom is 0.318 e. The highest BCUT2D eigenvalue weighted by Crippen LogP contribution is 2.22. The maximum absolute atomic E-state index is 12.4. The fourth-order valence-corrected chi connectivity index (χ4v) is 4.15. The normalized spacial score (nSPS) is 11.9. The summed E-state index contributed by atoms with van der Waals surface area (Å²) in [4.78, 5) is 15.1. The number of carbonyl (C=O) groups is 1. The maximum atomic E-state index is 12.4. The van der Waals surface area contributed by atoms with Crippen LogP contribution in [0.3, 0.4) is 0 Å². The van der Waals surface area contributed by atoms with Crippen LogP contribution in [0.1, 0.15) is 36.8 Å². The predicted molar refractivity (Wildman–Crippen MR) is 105 cm³/mol. The molecule has 0 spiro atoms. The number of halogens is 1. The van der Waals surface area contributed by atoms with E-state index in [9.17, 15) is 18.3 Å². The van der Waals surface area contributed by atoms with Crippen molar-refractivity contribution in [1.82, 2.24) is 13.9 Å². The summed E-state index contributed by atoms with van der Waals surface area (Å²) in [5.41, 5.74) is 1.33. The van der Waals surface area contributed by atoms with Crippen LogP contribution in [0.4, 0.5) is 0 Å². The first-order valence-electron chi connectivity index (χ1n) is 8.82. The van der Waals surface area contributed by atoms with Crippen molar-refractivity contribution in [1.29, 1.82) is 0 Å². The Morgan fingerprint density at radius 1 is 1.29 bits per heavy atom. The van der Waals surface area contributed by atoms with Crippen LogP contribution in [0.5, 0.6) is 0 Å². The summed E-state index contributed by atoms with van der Waals surface area (Å²) >= 11 is 6.13. The fourth-order valence-electron chi connectivity index (χ4n) is 2.77. The molecule has 0 fully saturated rings. The molecule has 0 aliphatic rings. The molecule has 8 nitrogen and oxygen atoms in total. The Labute approximate surface area is 169 Å². The Hall–Kier alpha value is -1.94. The molecule has 0 aliphatic carbocycles. The van der Waals surface area contributed by atoms with Gasteiger partial charge in [0.05, 0.1) is 17.2 Å². The molecule has 2 aromatic rings. The molecule has 154 valence electrons. The molecule has 1 heterocycles. The van der Waals surface area contributed by atoms with Crippen LogP contribution in [-0.4, -0.2) is 52.0 Å². The minimum atomic E-state index is -3.88. The van der Waals surface area contributed by atoms with E-state index in [1.54, 1.807) is 12.1 Å². The summed E-state index contributed by atoms with van der Waals surface area (Å²) in [6.45, 7) is 1.60. The number of benzene rings is 1. The van der Waals surface area contributed by atoms with Crippen molar-refractivity contribution in [3.05, 3.63) is 46.5 Å². The topological polar surface area (TPSA) is 113 Å². The first kappa shape index (κ1) is 22.4. The summed E-state index contributed by atoms with van der Waals surface area (Å²) in [6.07, 6.45) is 2.66. The van der Waals surface area contributed by atoms with Crippen molar-refractivity contribution in [2.24, 2.45) is 0 Å². The Kier molecular flexibility index (Phi) is 7.59. The summed E-state index contributed by atoms with van der Waals surface area (Å²) in [5, 5.41) is 18.7. The molecule has 1 aromatic heterocycles. The van der Waals surface area contributed by atoms with E-state index >= 15 is 0 Å². The van der Waals surface area contributed by atoms with E-state index in [1.165, 1.54) is 19.2 Å². The SMILES string of the molecule is CCCCc1nc(Cl)c(CO)n1Cc1ccc(S(=O)(=O)N(C)CC(=O)O)cc1. The van der Waals surface area contributed by atoms with Crippen molar-refractivity contribution < 1.29 is 23.4 Å². The minimum Gasteiger partial charge on any atom is -0.480 e. The fraction of sp³-hybridized carbons (Fsp3) is 0.444. The van der Waals surface area contributed by atoms with Crippen molar-refractivity contribution in [3.63, 3.8) is 0 Å². The van der Waals surface area contributed by atoms with Gasteiger partial charge in [0.25, 0.3) is 0 Å². The molecule has 28 heavy (non-hydrogen) atoms. The van der Waals surface area contributed by atoms with E-state index in [-0.39, 0.29) is 16.7 Å². The number of carboxylic acid groups (broad SMARTS) is 1. The van der Waals surface area contributed by atoms with E-state index in [0.29, 0.717) is 12.2 Å². The molecular weight excluding hydrogens is 406 g/mol. The second-order valence-corrected chi connectivity index (χ2v) is 8.82. The zero-order chi connectivity index (χ0) is 20.9. The van der Waals surface area contributed by atoms with Crippen LogP contribution in [-0.2, 0) is 34.4 Å². The summed E-state index contributed by atoms with van der Waals surface area (Å²) in [5.74, 6) is -0.454. The van der Waals surface area contributed by atoms with E-state index in [2.05, 4.69) is 11.9 Å². The summed E-state index contributed by atoms with van der Waals surface area (Å²) in [7, 11) is -2.66. The Morgan fingerprint density at radius 2 is 1.93 bits per heavy atom. The third-order valence-corrected chi connectivity index (χ3v) is 6.46. The molecule has 0 bridgehead atoms. The first-order chi connectivity index (χ1) is 13.2. The lowest BCUT2D eigenvalue weighted by atomic mass is 10.2. The van der Waals surface area contributed by atoms with Gasteiger partial charge in [0.2, 0.25) is 10.0 Å². The molecule has 10 heteroatoms. The quantitative estimate of drug-likeness (QED) is 0.598. The highest BCUT2D eigenvalue weighted by molar-refractivity contribution is 7.89. The molecule has 0 atom stereocenters. The van der Waals surface area contributed by atoms with Gasteiger partial charge in [-0.05, 0) is 24.1 Å². The van der Waals surface area contributed by atoms with Gasteiger partial charge in [-0.1, -0.05) is 37.1 Å². The zero-order valence-electron chi connectivity index (χ0n) is 15.8. The molecule has 0 saturated heterocycles. The van der Waals surface area contributed by atoms with Crippen LogP contribution in [0.2, 0.25) is 5.15 Å². The lowest BCUT2D eigenvalue weighted by Gasteiger charge is -2.15. The van der Waals surface area contributed by atoms with Gasteiger partial charge in [-0.25, -0.2) is 13.4 Å². The summed E-state index contributed by atoms with van der Waals surface area (Å²) < 4.78 is 27.5. The van der Waals surface area contributed by atoms with Gasteiger partial charge in [0, 0.05) is 20.0 Å². The van der Waals surface area contributed by atoms with E-state index in [0.717, 1.165) is 35.0 Å². The van der Waals surface area contributed by atoms with Gasteiger partial charge in [0.15, 0.2) is 5.15 Å². The zero-order valence-corrected chi connectivity index (χ0v) is 17.4. The molecule has 0 radical (unpaired) electrons. The Morgan fingerprint density at radius 3 is 2.46 bits per heavy atom. The van der Waals surface area contributed by atoms with Crippen molar-refractivity contribution in [3.8, 4) is 0 Å². The Balaban J connectivity index is 2.27. The Bertz CT molecular complexity index is 925. The largest absolute Gasteiger partial charge is 0.480 e. The molecule has 2 N–H and O–H groups in total. The molecule has 0 amide bonds. The number of nitrogens with zero attached hydrogens (tertiary/aromatic N) is 3. The van der Waals surface area contributed by atoms with Gasteiger partial charge < -0.3 is 14.8 Å². The lowest BCUT2D eigenvalue weighted by Crippen LogP contribution is -2.32. The average molecular weight is 430 g/mol. The molecule has 0 unspecified atom stereocenters. The van der Waals surface area contributed by atoms with Crippen LogP contribution in [0, 0.1) is 0 Å².